The molecule has 11 rings (SSSR count). The van der Waals surface area contributed by atoms with Gasteiger partial charge in [-0.25, -0.2) is 0 Å². The van der Waals surface area contributed by atoms with Gasteiger partial charge in [0, 0.05) is 44.3 Å². The fourth-order valence-corrected chi connectivity index (χ4v) is 8.44. The van der Waals surface area contributed by atoms with Gasteiger partial charge in [0.1, 0.15) is 11.2 Å². The van der Waals surface area contributed by atoms with E-state index in [1.165, 1.54) is 32.9 Å². The van der Waals surface area contributed by atoms with Crippen LogP contribution in [-0.2, 0) is 0 Å². The summed E-state index contributed by atoms with van der Waals surface area (Å²) in [6.07, 6.45) is 0. The molecule has 0 N–H and O–H groups in total. The Morgan fingerprint density at radius 1 is 0.298 bits per heavy atom. The van der Waals surface area contributed by atoms with Crippen LogP contribution in [-0.4, -0.2) is 4.57 Å². The van der Waals surface area contributed by atoms with Crippen LogP contribution in [0.1, 0.15) is 0 Å². The van der Waals surface area contributed by atoms with Crippen LogP contribution in [0.3, 0.4) is 0 Å². The maximum Gasteiger partial charge on any atom is 0.135 e. The first-order valence-electron chi connectivity index (χ1n) is 19.4. The van der Waals surface area contributed by atoms with Gasteiger partial charge < -0.3 is 13.9 Å². The molecular formula is C54H36N2O. The molecule has 3 heteroatoms. The third-order valence-corrected chi connectivity index (χ3v) is 11.2. The van der Waals surface area contributed by atoms with E-state index in [9.17, 15) is 0 Å². The van der Waals surface area contributed by atoms with E-state index in [2.05, 4.69) is 216 Å². The van der Waals surface area contributed by atoms with Crippen LogP contribution in [0.5, 0.6) is 0 Å². The van der Waals surface area contributed by atoms with Gasteiger partial charge in [-0.05, 0) is 124 Å². The van der Waals surface area contributed by atoms with Crippen molar-refractivity contribution in [1.29, 1.82) is 0 Å². The largest absolute Gasteiger partial charge is 0.456 e. The van der Waals surface area contributed by atoms with Crippen molar-refractivity contribution in [3.8, 4) is 39.1 Å². The Morgan fingerprint density at radius 2 is 0.825 bits per heavy atom. The van der Waals surface area contributed by atoms with Crippen LogP contribution in [0.2, 0.25) is 0 Å². The Balaban J connectivity index is 1.13. The lowest BCUT2D eigenvalue weighted by atomic mass is 9.95. The van der Waals surface area contributed by atoms with Crippen molar-refractivity contribution in [1.82, 2.24) is 4.57 Å². The van der Waals surface area contributed by atoms with Crippen molar-refractivity contribution in [2.75, 3.05) is 4.90 Å². The molecule has 2 heterocycles. The van der Waals surface area contributed by atoms with Crippen LogP contribution >= 0.6 is 0 Å². The monoisotopic (exact) mass is 728 g/mol. The molecule has 11 aromatic rings. The minimum atomic E-state index is 0.890. The lowest BCUT2D eigenvalue weighted by Gasteiger charge is -2.27. The average molecular weight is 729 g/mol. The molecule has 0 unspecified atom stereocenters. The summed E-state index contributed by atoms with van der Waals surface area (Å²) < 4.78 is 8.63. The molecule has 3 nitrogen and oxygen atoms in total. The van der Waals surface area contributed by atoms with Crippen LogP contribution in [0.15, 0.2) is 223 Å². The molecule has 2 aromatic heterocycles. The number of aromatic nitrogens is 1. The van der Waals surface area contributed by atoms with Gasteiger partial charge in [-0.3, -0.25) is 0 Å². The summed E-state index contributed by atoms with van der Waals surface area (Å²) in [7, 11) is 0. The quantitative estimate of drug-likeness (QED) is 0.163. The van der Waals surface area contributed by atoms with E-state index < -0.39 is 0 Å². The predicted octanol–water partition coefficient (Wildman–Crippen LogP) is 15.2. The van der Waals surface area contributed by atoms with Crippen LogP contribution < -0.4 is 4.90 Å². The van der Waals surface area contributed by atoms with Crippen molar-refractivity contribution in [3.63, 3.8) is 0 Å². The predicted molar refractivity (Wildman–Crippen MR) is 239 cm³/mol. The van der Waals surface area contributed by atoms with Crippen LogP contribution in [0.25, 0.3) is 82.8 Å². The van der Waals surface area contributed by atoms with Gasteiger partial charge in [0.25, 0.3) is 0 Å². The minimum Gasteiger partial charge on any atom is -0.456 e. The number of hydrogen-bond acceptors (Lipinski definition) is 2. The van der Waals surface area contributed by atoms with Crippen LogP contribution in [0.4, 0.5) is 17.1 Å². The molecule has 0 amide bonds. The van der Waals surface area contributed by atoms with Gasteiger partial charge in [0.15, 0.2) is 0 Å². The van der Waals surface area contributed by atoms with Gasteiger partial charge in [0.05, 0.1) is 11.0 Å². The zero-order chi connectivity index (χ0) is 37.7. The van der Waals surface area contributed by atoms with E-state index in [1.54, 1.807) is 0 Å². The van der Waals surface area contributed by atoms with E-state index in [0.29, 0.717) is 0 Å². The topological polar surface area (TPSA) is 21.3 Å². The van der Waals surface area contributed by atoms with Crippen molar-refractivity contribution in [3.05, 3.63) is 218 Å². The lowest BCUT2D eigenvalue weighted by molar-refractivity contribution is 0.669. The number of hydrogen-bond donors (Lipinski definition) is 0. The molecule has 0 saturated carbocycles. The number of nitrogens with zero attached hydrogens (tertiary/aromatic N) is 2. The molecule has 0 bridgehead atoms. The molecule has 0 spiro atoms. The second-order valence-electron chi connectivity index (χ2n) is 14.6. The number of fused-ring (bicyclic) bond motifs is 6. The summed E-state index contributed by atoms with van der Waals surface area (Å²) in [5.41, 5.74) is 15.5. The molecular weight excluding hydrogens is 693 g/mol. The van der Waals surface area contributed by atoms with Crippen molar-refractivity contribution in [2.45, 2.75) is 0 Å². The standard InChI is InChI=1S/C54H36N2O/c1-4-14-37(15-5-1)38-24-28-45(29-25-38)55(43-16-6-2-7-17-43)46-33-41(32-42(34-46)40-27-31-54-50(36-40)48-21-11-13-23-53(48)57-54)39-26-30-52-49(35-39)47-20-10-12-22-51(47)56(52)44-18-8-3-9-19-44/h1-36H. The summed E-state index contributed by atoms with van der Waals surface area (Å²) in [5.74, 6) is 0. The van der Waals surface area contributed by atoms with E-state index >= 15 is 0 Å². The Morgan fingerprint density at radius 3 is 1.58 bits per heavy atom. The molecule has 0 aliphatic carbocycles. The highest BCUT2D eigenvalue weighted by Crippen LogP contribution is 2.42. The van der Waals surface area contributed by atoms with E-state index in [1.807, 2.05) is 12.1 Å². The summed E-state index contributed by atoms with van der Waals surface area (Å²) >= 11 is 0. The Labute approximate surface area is 330 Å². The number of anilines is 3. The number of furan rings is 1. The molecule has 0 saturated heterocycles. The van der Waals surface area contributed by atoms with Crippen molar-refractivity contribution >= 4 is 60.8 Å². The van der Waals surface area contributed by atoms with Gasteiger partial charge >= 0.3 is 0 Å². The Kier molecular flexibility index (Phi) is 7.82. The normalized spacial score (nSPS) is 11.5. The Bertz CT molecular complexity index is 3220. The molecule has 57 heavy (non-hydrogen) atoms. The van der Waals surface area contributed by atoms with E-state index in [4.69, 9.17) is 4.42 Å². The van der Waals surface area contributed by atoms with Gasteiger partial charge in [0.2, 0.25) is 0 Å². The SMILES string of the molecule is c1ccc(-c2ccc(N(c3ccccc3)c3cc(-c4ccc5oc6ccccc6c5c4)cc(-c4ccc5c(c4)c4ccccc4n5-c4ccccc4)c3)cc2)cc1. The molecule has 0 radical (unpaired) electrons. The maximum absolute atomic E-state index is 6.26. The fraction of sp³-hybridized carbons (Fsp3) is 0. The van der Waals surface area contributed by atoms with E-state index in [-0.39, 0.29) is 0 Å². The highest BCUT2D eigenvalue weighted by molar-refractivity contribution is 6.11. The van der Waals surface area contributed by atoms with Gasteiger partial charge in [-0.15, -0.1) is 0 Å². The second kappa shape index (κ2) is 13.6. The smallest absolute Gasteiger partial charge is 0.135 e. The Hall–Kier alpha value is -7.62. The number of benzene rings is 9. The minimum absolute atomic E-state index is 0.890. The molecule has 268 valence electrons. The summed E-state index contributed by atoms with van der Waals surface area (Å²) in [5, 5.41) is 4.69. The summed E-state index contributed by atoms with van der Waals surface area (Å²) in [4.78, 5) is 2.37. The number of para-hydroxylation sites is 4. The third kappa shape index (κ3) is 5.76. The second-order valence-corrected chi connectivity index (χ2v) is 14.6. The summed E-state index contributed by atoms with van der Waals surface area (Å²) in [6, 6.07) is 78.3. The van der Waals surface area contributed by atoms with Crippen LogP contribution in [0, 0.1) is 0 Å². The zero-order valence-electron chi connectivity index (χ0n) is 31.1. The highest BCUT2D eigenvalue weighted by atomic mass is 16.3. The molecule has 0 atom stereocenters. The highest BCUT2D eigenvalue weighted by Gasteiger charge is 2.18. The summed E-state index contributed by atoms with van der Waals surface area (Å²) in [6.45, 7) is 0. The lowest BCUT2D eigenvalue weighted by Crippen LogP contribution is -2.10. The zero-order valence-corrected chi connectivity index (χ0v) is 31.1. The van der Waals surface area contributed by atoms with Gasteiger partial charge in [-0.1, -0.05) is 127 Å². The molecule has 0 fully saturated rings. The fourth-order valence-electron chi connectivity index (χ4n) is 8.44. The first kappa shape index (κ1) is 32.8. The van der Waals surface area contributed by atoms with Crippen molar-refractivity contribution < 1.29 is 4.42 Å². The molecule has 9 aromatic carbocycles. The van der Waals surface area contributed by atoms with E-state index in [0.717, 1.165) is 66.9 Å². The molecule has 0 aliphatic heterocycles. The van der Waals surface area contributed by atoms with Gasteiger partial charge in [-0.2, -0.15) is 0 Å². The molecule has 0 aliphatic rings. The van der Waals surface area contributed by atoms with Crippen molar-refractivity contribution in [2.24, 2.45) is 0 Å². The third-order valence-electron chi connectivity index (χ3n) is 11.2. The maximum atomic E-state index is 6.26. The first-order valence-corrected chi connectivity index (χ1v) is 19.4. The average Bonchev–Trinajstić information content (AvgIpc) is 3.83. The number of rotatable bonds is 7. The first-order chi connectivity index (χ1) is 28.2.